The van der Waals surface area contributed by atoms with Crippen molar-refractivity contribution in [2.24, 2.45) is 5.73 Å². The summed E-state index contributed by atoms with van der Waals surface area (Å²) in [7, 11) is 0. The van der Waals surface area contributed by atoms with Gasteiger partial charge in [-0.1, -0.05) is 6.92 Å². The van der Waals surface area contributed by atoms with Crippen LogP contribution in [0.5, 0.6) is 0 Å². The maximum absolute atomic E-state index is 6.07. The van der Waals surface area contributed by atoms with Gasteiger partial charge in [-0.15, -0.1) is 11.3 Å². The third-order valence-corrected chi connectivity index (χ3v) is 3.54. The zero-order valence-corrected chi connectivity index (χ0v) is 8.63. The van der Waals surface area contributed by atoms with Crippen LogP contribution in [-0.2, 0) is 0 Å². The molecular weight excluding hydrogens is 182 g/mol. The lowest BCUT2D eigenvalue weighted by molar-refractivity contribution is 0.264. The molecule has 0 aromatic carbocycles. The highest BCUT2D eigenvalue weighted by molar-refractivity contribution is 7.09. The fraction of sp³-hybridized carbons (Fsp3) is 0.667. The van der Waals surface area contributed by atoms with E-state index in [2.05, 4.69) is 16.8 Å². The quantitative estimate of drug-likeness (QED) is 0.775. The van der Waals surface area contributed by atoms with Crippen molar-refractivity contribution in [3.05, 3.63) is 16.6 Å². The second-order valence-electron chi connectivity index (χ2n) is 3.43. The lowest BCUT2D eigenvalue weighted by atomic mass is 10.1. The molecule has 3 nitrogen and oxygen atoms in total. The molecule has 0 amide bonds. The Kier molecular flexibility index (Phi) is 2.62. The normalized spacial score (nSPS) is 29.7. The molecular formula is C9H15N3S. The van der Waals surface area contributed by atoms with E-state index in [9.17, 15) is 0 Å². The molecule has 1 fully saturated rings. The van der Waals surface area contributed by atoms with Crippen LogP contribution in [0.1, 0.15) is 24.3 Å². The van der Waals surface area contributed by atoms with Crippen molar-refractivity contribution in [3.8, 4) is 0 Å². The zero-order chi connectivity index (χ0) is 9.26. The number of rotatable bonds is 2. The zero-order valence-electron chi connectivity index (χ0n) is 7.81. The van der Waals surface area contributed by atoms with E-state index in [1.807, 2.05) is 11.7 Å². The van der Waals surface area contributed by atoms with Crippen LogP contribution in [0, 0.1) is 0 Å². The van der Waals surface area contributed by atoms with Crippen LogP contribution in [0.15, 0.2) is 11.7 Å². The highest BCUT2D eigenvalue weighted by Gasteiger charge is 2.32. The van der Waals surface area contributed by atoms with Crippen LogP contribution in [0.25, 0.3) is 0 Å². The molecule has 2 unspecified atom stereocenters. The van der Waals surface area contributed by atoms with Crippen molar-refractivity contribution in [2.75, 3.05) is 13.1 Å². The minimum Gasteiger partial charge on any atom is -0.326 e. The van der Waals surface area contributed by atoms with Crippen molar-refractivity contribution >= 4 is 11.3 Å². The molecule has 2 heterocycles. The lowest BCUT2D eigenvalue weighted by Gasteiger charge is -2.23. The fourth-order valence-electron chi connectivity index (χ4n) is 2.00. The van der Waals surface area contributed by atoms with Gasteiger partial charge in [-0.2, -0.15) is 0 Å². The number of likely N-dealkylation sites (N-methyl/N-ethyl adjacent to an activating group) is 1. The van der Waals surface area contributed by atoms with Crippen LogP contribution in [0.2, 0.25) is 0 Å². The Balaban J connectivity index is 2.20. The molecule has 0 bridgehead atoms. The van der Waals surface area contributed by atoms with Gasteiger partial charge in [0, 0.05) is 23.7 Å². The predicted molar refractivity (Wildman–Crippen MR) is 54.7 cm³/mol. The summed E-state index contributed by atoms with van der Waals surface area (Å²) in [5, 5.41) is 0. The number of nitrogens with two attached hydrogens (primary N) is 1. The Morgan fingerprint density at radius 1 is 1.77 bits per heavy atom. The molecule has 13 heavy (non-hydrogen) atoms. The van der Waals surface area contributed by atoms with Crippen molar-refractivity contribution in [1.82, 2.24) is 9.88 Å². The maximum Gasteiger partial charge on any atom is 0.0794 e. The molecule has 0 saturated carbocycles. The average Bonchev–Trinajstić information content (AvgIpc) is 2.72. The molecule has 1 saturated heterocycles. The molecule has 2 rings (SSSR count). The van der Waals surface area contributed by atoms with Crippen LogP contribution in [0.4, 0.5) is 0 Å². The van der Waals surface area contributed by atoms with E-state index in [4.69, 9.17) is 5.73 Å². The topological polar surface area (TPSA) is 42.1 Å². The van der Waals surface area contributed by atoms with Crippen LogP contribution < -0.4 is 5.73 Å². The van der Waals surface area contributed by atoms with Crippen LogP contribution in [-0.4, -0.2) is 29.0 Å². The molecule has 4 heteroatoms. The van der Waals surface area contributed by atoms with Gasteiger partial charge in [-0.3, -0.25) is 9.88 Å². The highest BCUT2D eigenvalue weighted by Crippen LogP contribution is 2.32. The van der Waals surface area contributed by atoms with E-state index in [-0.39, 0.29) is 0 Å². The summed E-state index contributed by atoms with van der Waals surface area (Å²) >= 11 is 1.71. The summed E-state index contributed by atoms with van der Waals surface area (Å²) in [4.78, 5) is 7.85. The summed E-state index contributed by atoms with van der Waals surface area (Å²) in [6.45, 7) is 4.39. The van der Waals surface area contributed by atoms with Gasteiger partial charge in [0.2, 0.25) is 0 Å². The molecule has 72 valence electrons. The standard InChI is InChI=1S/C9H15N3S/c1-2-12-4-3-7(10)9(12)8-5-11-6-13-8/h5-7,9H,2-4,10H2,1H3. The largest absolute Gasteiger partial charge is 0.326 e. The van der Waals surface area contributed by atoms with Gasteiger partial charge in [0.25, 0.3) is 0 Å². The Bertz CT molecular complexity index is 260. The highest BCUT2D eigenvalue weighted by atomic mass is 32.1. The third-order valence-electron chi connectivity index (χ3n) is 2.70. The number of aromatic nitrogens is 1. The number of hydrogen-bond acceptors (Lipinski definition) is 4. The number of likely N-dealkylation sites (tertiary alicyclic amines) is 1. The molecule has 1 aromatic rings. The summed E-state index contributed by atoms with van der Waals surface area (Å²) in [5.74, 6) is 0. The smallest absolute Gasteiger partial charge is 0.0794 e. The third kappa shape index (κ3) is 1.61. The Hall–Kier alpha value is -0.450. The van der Waals surface area contributed by atoms with E-state index >= 15 is 0 Å². The van der Waals surface area contributed by atoms with Crippen molar-refractivity contribution in [3.63, 3.8) is 0 Å². The van der Waals surface area contributed by atoms with Crippen molar-refractivity contribution in [1.29, 1.82) is 0 Å². The summed E-state index contributed by atoms with van der Waals surface area (Å²) in [6.07, 6.45) is 3.06. The molecule has 0 spiro atoms. The van der Waals surface area contributed by atoms with E-state index in [0.717, 1.165) is 19.5 Å². The summed E-state index contributed by atoms with van der Waals surface area (Å²) in [5.41, 5.74) is 7.96. The van der Waals surface area contributed by atoms with Gasteiger partial charge in [-0.25, -0.2) is 0 Å². The number of nitrogens with zero attached hydrogens (tertiary/aromatic N) is 2. The first-order chi connectivity index (χ1) is 6.33. The van der Waals surface area contributed by atoms with Gasteiger partial charge in [0.05, 0.1) is 11.6 Å². The Morgan fingerprint density at radius 2 is 2.62 bits per heavy atom. The summed E-state index contributed by atoms with van der Waals surface area (Å²) < 4.78 is 0. The molecule has 1 aromatic heterocycles. The first kappa shape index (κ1) is 9.12. The van der Waals surface area contributed by atoms with Gasteiger partial charge in [0.15, 0.2) is 0 Å². The SMILES string of the molecule is CCN1CCC(N)C1c1cncs1. The Labute approximate surface area is 82.6 Å². The van der Waals surface area contributed by atoms with Crippen molar-refractivity contribution < 1.29 is 0 Å². The van der Waals surface area contributed by atoms with Gasteiger partial charge < -0.3 is 5.73 Å². The monoisotopic (exact) mass is 197 g/mol. The first-order valence-electron chi connectivity index (χ1n) is 4.71. The molecule has 2 N–H and O–H groups in total. The number of thiazole rings is 1. The van der Waals surface area contributed by atoms with Gasteiger partial charge in [-0.05, 0) is 13.0 Å². The fourth-order valence-corrected chi connectivity index (χ4v) is 2.83. The second-order valence-corrected chi connectivity index (χ2v) is 4.35. The molecule has 0 radical (unpaired) electrons. The van der Waals surface area contributed by atoms with Crippen molar-refractivity contribution in [2.45, 2.75) is 25.4 Å². The van der Waals surface area contributed by atoms with E-state index in [1.54, 1.807) is 11.3 Å². The molecule has 2 atom stereocenters. The lowest BCUT2D eigenvalue weighted by Crippen LogP contribution is -2.31. The van der Waals surface area contributed by atoms with Gasteiger partial charge >= 0.3 is 0 Å². The predicted octanol–water partition coefficient (Wildman–Crippen LogP) is 1.24. The molecule has 0 aliphatic carbocycles. The van der Waals surface area contributed by atoms with E-state index in [0.29, 0.717) is 12.1 Å². The van der Waals surface area contributed by atoms with Gasteiger partial charge in [0.1, 0.15) is 0 Å². The Morgan fingerprint density at radius 3 is 3.23 bits per heavy atom. The molecule has 1 aliphatic heterocycles. The van der Waals surface area contributed by atoms with E-state index < -0.39 is 0 Å². The first-order valence-corrected chi connectivity index (χ1v) is 5.59. The average molecular weight is 197 g/mol. The second kappa shape index (κ2) is 3.74. The van der Waals surface area contributed by atoms with Crippen LogP contribution >= 0.6 is 11.3 Å². The minimum absolute atomic E-state index is 0.292. The number of hydrogen-bond donors (Lipinski definition) is 1. The summed E-state index contributed by atoms with van der Waals surface area (Å²) in [6, 6.07) is 0.706. The maximum atomic E-state index is 6.07. The van der Waals surface area contributed by atoms with Crippen LogP contribution in [0.3, 0.4) is 0 Å². The van der Waals surface area contributed by atoms with E-state index in [1.165, 1.54) is 4.88 Å². The minimum atomic E-state index is 0.292. The molecule has 1 aliphatic rings.